The lowest BCUT2D eigenvalue weighted by Gasteiger charge is -2.16. The molecule has 0 bridgehead atoms. The molecular formula is C10H11NO5. The summed E-state index contributed by atoms with van der Waals surface area (Å²) in [6.07, 6.45) is -1.53. The molecule has 0 amide bonds. The van der Waals surface area contributed by atoms with Crippen LogP contribution in [0.4, 0.5) is 0 Å². The number of rotatable bonds is 4. The number of aliphatic hydroxyl groups excluding tert-OH is 2. The Hall–Kier alpha value is -1.79. The molecule has 0 aliphatic rings. The van der Waals surface area contributed by atoms with E-state index in [0.29, 0.717) is 6.29 Å². The fourth-order valence-corrected chi connectivity index (χ4v) is 1.18. The second-order valence-electron chi connectivity index (χ2n) is 3.01. The van der Waals surface area contributed by atoms with E-state index in [0.717, 1.165) is 7.11 Å². The second-order valence-corrected chi connectivity index (χ2v) is 3.01. The van der Waals surface area contributed by atoms with Crippen LogP contribution in [0.15, 0.2) is 18.3 Å². The van der Waals surface area contributed by atoms with Crippen LogP contribution in [0.2, 0.25) is 0 Å². The van der Waals surface area contributed by atoms with E-state index in [1.165, 1.54) is 18.3 Å². The van der Waals surface area contributed by atoms with E-state index in [-0.39, 0.29) is 11.3 Å². The van der Waals surface area contributed by atoms with Crippen molar-refractivity contribution in [2.45, 2.75) is 12.2 Å². The Bertz CT molecular complexity index is 393. The van der Waals surface area contributed by atoms with Crippen molar-refractivity contribution in [3.8, 4) is 0 Å². The van der Waals surface area contributed by atoms with E-state index in [1.54, 1.807) is 0 Å². The highest BCUT2D eigenvalue weighted by atomic mass is 16.5. The molecule has 0 spiro atoms. The Morgan fingerprint density at radius 1 is 1.56 bits per heavy atom. The molecule has 0 aliphatic carbocycles. The number of pyridine rings is 1. The van der Waals surface area contributed by atoms with Gasteiger partial charge in [-0.15, -0.1) is 0 Å². The molecule has 0 radical (unpaired) electrons. The second kappa shape index (κ2) is 5.34. The first-order valence-electron chi connectivity index (χ1n) is 4.46. The summed E-state index contributed by atoms with van der Waals surface area (Å²) in [5, 5.41) is 19.0. The molecule has 2 N–H and O–H groups in total. The van der Waals surface area contributed by atoms with Crippen molar-refractivity contribution in [2.75, 3.05) is 7.11 Å². The van der Waals surface area contributed by atoms with Gasteiger partial charge in [-0.1, -0.05) is 0 Å². The summed E-state index contributed by atoms with van der Waals surface area (Å²) in [5.41, 5.74) is 0.0494. The lowest BCUT2D eigenvalue weighted by Crippen LogP contribution is -2.30. The van der Waals surface area contributed by atoms with Gasteiger partial charge in [0.1, 0.15) is 6.10 Å². The van der Waals surface area contributed by atoms with Crippen LogP contribution in [-0.2, 0) is 9.53 Å². The van der Waals surface area contributed by atoms with Crippen LogP contribution in [0, 0.1) is 0 Å². The van der Waals surface area contributed by atoms with Crippen molar-refractivity contribution in [3.05, 3.63) is 29.6 Å². The van der Waals surface area contributed by atoms with Crippen molar-refractivity contribution in [1.29, 1.82) is 0 Å². The lowest BCUT2D eigenvalue weighted by molar-refractivity contribution is -0.157. The highest BCUT2D eigenvalue weighted by Gasteiger charge is 2.29. The number of aromatic nitrogens is 1. The highest BCUT2D eigenvalue weighted by Crippen LogP contribution is 2.18. The van der Waals surface area contributed by atoms with Gasteiger partial charge in [-0.2, -0.15) is 0 Å². The maximum Gasteiger partial charge on any atom is 0.337 e. The van der Waals surface area contributed by atoms with E-state index >= 15 is 0 Å². The first-order chi connectivity index (χ1) is 7.61. The Morgan fingerprint density at radius 2 is 2.25 bits per heavy atom. The summed E-state index contributed by atoms with van der Waals surface area (Å²) in [7, 11) is 1.08. The molecule has 1 rings (SSSR count). The lowest BCUT2D eigenvalue weighted by atomic mass is 10.1. The molecule has 1 aromatic heterocycles. The maximum atomic E-state index is 11.0. The van der Waals surface area contributed by atoms with Gasteiger partial charge in [-0.05, 0) is 12.1 Å². The molecule has 2 atom stereocenters. The molecule has 1 heterocycles. The maximum absolute atomic E-state index is 11.0. The van der Waals surface area contributed by atoms with Crippen molar-refractivity contribution in [2.24, 2.45) is 0 Å². The third kappa shape index (κ3) is 2.41. The number of aldehydes is 1. The molecule has 16 heavy (non-hydrogen) atoms. The van der Waals surface area contributed by atoms with Gasteiger partial charge in [-0.3, -0.25) is 9.78 Å². The summed E-state index contributed by atoms with van der Waals surface area (Å²) in [6, 6.07) is 2.92. The zero-order valence-electron chi connectivity index (χ0n) is 8.53. The van der Waals surface area contributed by atoms with Crippen molar-refractivity contribution in [1.82, 2.24) is 4.98 Å². The Morgan fingerprint density at radius 3 is 2.81 bits per heavy atom. The van der Waals surface area contributed by atoms with Gasteiger partial charge in [0.05, 0.1) is 12.8 Å². The molecule has 6 heteroatoms. The fraction of sp³-hybridized carbons (Fsp3) is 0.300. The molecule has 0 saturated heterocycles. The van der Waals surface area contributed by atoms with E-state index in [1.807, 2.05) is 0 Å². The van der Waals surface area contributed by atoms with Crippen molar-refractivity contribution >= 4 is 12.3 Å². The van der Waals surface area contributed by atoms with Gasteiger partial charge >= 0.3 is 5.97 Å². The number of hydrogen-bond donors (Lipinski definition) is 2. The molecule has 0 saturated carbocycles. The number of aliphatic hydroxyl groups is 2. The van der Waals surface area contributed by atoms with Crippen LogP contribution in [0.25, 0.3) is 0 Å². The standard InChI is InChI=1S/C10H11NO5/c1-16-10(15)9(14)8(13)7-6(5-12)3-2-4-11-7/h2-5,8-9,13-14H,1H3. The van der Waals surface area contributed by atoms with E-state index < -0.39 is 18.2 Å². The van der Waals surface area contributed by atoms with Crippen molar-refractivity contribution < 1.29 is 24.5 Å². The number of ether oxygens (including phenoxy) is 1. The Balaban J connectivity index is 2.99. The van der Waals surface area contributed by atoms with E-state index in [9.17, 15) is 19.8 Å². The summed E-state index contributed by atoms with van der Waals surface area (Å²) >= 11 is 0. The predicted molar refractivity (Wildman–Crippen MR) is 52.6 cm³/mol. The predicted octanol–water partition coefficient (Wildman–Crippen LogP) is -0.539. The molecule has 0 aliphatic heterocycles. The van der Waals surface area contributed by atoms with Crippen LogP contribution in [0.1, 0.15) is 22.2 Å². The molecule has 86 valence electrons. The van der Waals surface area contributed by atoms with Gasteiger partial charge in [0.2, 0.25) is 0 Å². The highest BCUT2D eigenvalue weighted by molar-refractivity contribution is 5.79. The van der Waals surface area contributed by atoms with Crippen LogP contribution in [0.3, 0.4) is 0 Å². The SMILES string of the molecule is COC(=O)C(O)C(O)c1ncccc1C=O. The van der Waals surface area contributed by atoms with Crippen LogP contribution < -0.4 is 0 Å². The first-order valence-corrected chi connectivity index (χ1v) is 4.46. The van der Waals surface area contributed by atoms with Gasteiger partial charge in [0.25, 0.3) is 0 Å². The summed E-state index contributed by atoms with van der Waals surface area (Å²) < 4.78 is 4.26. The minimum atomic E-state index is -1.77. The largest absolute Gasteiger partial charge is 0.467 e. The van der Waals surface area contributed by atoms with E-state index in [2.05, 4.69) is 9.72 Å². The van der Waals surface area contributed by atoms with E-state index in [4.69, 9.17) is 0 Å². The minimum Gasteiger partial charge on any atom is -0.467 e. The zero-order chi connectivity index (χ0) is 12.1. The smallest absolute Gasteiger partial charge is 0.337 e. The Kier molecular flexibility index (Phi) is 4.10. The number of carbonyl (C=O) groups excluding carboxylic acids is 2. The van der Waals surface area contributed by atoms with Gasteiger partial charge in [0.15, 0.2) is 12.4 Å². The van der Waals surface area contributed by atoms with Gasteiger partial charge in [-0.25, -0.2) is 4.79 Å². The number of hydrogen-bond acceptors (Lipinski definition) is 6. The van der Waals surface area contributed by atoms with Crippen LogP contribution in [0.5, 0.6) is 0 Å². The molecule has 6 nitrogen and oxygen atoms in total. The molecule has 2 unspecified atom stereocenters. The number of carbonyl (C=O) groups is 2. The van der Waals surface area contributed by atoms with Crippen LogP contribution in [-0.4, -0.2) is 40.7 Å². The topological polar surface area (TPSA) is 96.7 Å². The van der Waals surface area contributed by atoms with Gasteiger partial charge < -0.3 is 14.9 Å². The Labute approximate surface area is 91.5 Å². The molecule has 0 fully saturated rings. The summed E-state index contributed by atoms with van der Waals surface area (Å²) in [6.45, 7) is 0. The zero-order valence-corrected chi connectivity index (χ0v) is 8.53. The number of nitrogens with zero attached hydrogens (tertiary/aromatic N) is 1. The third-order valence-corrected chi connectivity index (χ3v) is 2.02. The summed E-state index contributed by atoms with van der Waals surface area (Å²) in [5.74, 6) is -0.991. The molecular weight excluding hydrogens is 214 g/mol. The van der Waals surface area contributed by atoms with Crippen LogP contribution >= 0.6 is 0 Å². The van der Waals surface area contributed by atoms with Crippen molar-refractivity contribution in [3.63, 3.8) is 0 Å². The average molecular weight is 225 g/mol. The fourth-order valence-electron chi connectivity index (χ4n) is 1.18. The molecule has 1 aromatic rings. The average Bonchev–Trinajstić information content (AvgIpc) is 2.35. The quantitative estimate of drug-likeness (QED) is 0.527. The number of methoxy groups -OCH3 is 1. The normalized spacial score (nSPS) is 13.9. The van der Waals surface area contributed by atoms with Gasteiger partial charge in [0, 0.05) is 11.8 Å². The third-order valence-electron chi connectivity index (χ3n) is 2.02. The first kappa shape index (κ1) is 12.3. The minimum absolute atomic E-state index is 0.0598. The monoisotopic (exact) mass is 225 g/mol. The molecule has 0 aromatic carbocycles. The summed E-state index contributed by atoms with van der Waals surface area (Å²) in [4.78, 5) is 25.4. The number of esters is 1.